The normalized spacial score (nSPS) is 10.8. The third kappa shape index (κ3) is 3.77. The Bertz CT molecular complexity index is 789. The van der Waals surface area contributed by atoms with Crippen LogP contribution in [-0.2, 0) is 13.1 Å². The molecule has 5 nitrogen and oxygen atoms in total. The Kier molecular flexibility index (Phi) is 5.51. The van der Waals surface area contributed by atoms with Crippen molar-refractivity contribution in [3.8, 4) is 11.6 Å². The van der Waals surface area contributed by atoms with Gasteiger partial charge in [-0.15, -0.1) is 11.8 Å². The molecule has 0 radical (unpaired) electrons. The van der Waals surface area contributed by atoms with Gasteiger partial charge in [0.15, 0.2) is 5.82 Å². The van der Waals surface area contributed by atoms with Gasteiger partial charge in [-0.1, -0.05) is 12.1 Å². The molecule has 0 aliphatic heterocycles. The Balaban J connectivity index is 1.67. The van der Waals surface area contributed by atoms with E-state index in [4.69, 9.17) is 4.74 Å². The minimum atomic E-state index is 0.726. The first-order valence-electron chi connectivity index (χ1n) is 7.67. The molecular formula is C18H20N4OS. The largest absolute Gasteiger partial charge is 0.496 e. The molecule has 2 aromatic heterocycles. The zero-order valence-electron chi connectivity index (χ0n) is 13.8. The standard InChI is InChI=1S/C18H20N4OS/c1-23-16-7-6-14(11-17(16)24-2)12-19-13-15-5-3-8-20-18(15)22-10-4-9-21-22/h3-11,19H,12-13H2,1-2H3. The lowest BCUT2D eigenvalue weighted by Gasteiger charge is -2.11. The average Bonchev–Trinajstić information content (AvgIpc) is 3.16. The number of ether oxygens (including phenoxy) is 1. The number of hydrogen-bond acceptors (Lipinski definition) is 5. The first-order chi connectivity index (χ1) is 11.8. The van der Waals surface area contributed by atoms with Crippen LogP contribution in [0.25, 0.3) is 5.82 Å². The minimum absolute atomic E-state index is 0.726. The lowest BCUT2D eigenvalue weighted by atomic mass is 10.2. The molecule has 1 N–H and O–H groups in total. The predicted octanol–water partition coefficient (Wildman–Crippen LogP) is 3.29. The first kappa shape index (κ1) is 16.5. The molecule has 24 heavy (non-hydrogen) atoms. The number of hydrogen-bond donors (Lipinski definition) is 1. The lowest BCUT2D eigenvalue weighted by Crippen LogP contribution is -2.15. The number of methoxy groups -OCH3 is 1. The van der Waals surface area contributed by atoms with Crippen LogP contribution in [0.3, 0.4) is 0 Å². The average molecular weight is 340 g/mol. The van der Waals surface area contributed by atoms with Crippen LogP contribution in [0.1, 0.15) is 11.1 Å². The fourth-order valence-electron chi connectivity index (χ4n) is 2.50. The van der Waals surface area contributed by atoms with E-state index in [1.54, 1.807) is 35.9 Å². The van der Waals surface area contributed by atoms with E-state index in [0.717, 1.165) is 35.1 Å². The highest BCUT2D eigenvalue weighted by Crippen LogP contribution is 2.28. The fourth-order valence-corrected chi connectivity index (χ4v) is 3.12. The second kappa shape index (κ2) is 7.99. The third-order valence-electron chi connectivity index (χ3n) is 3.68. The molecular weight excluding hydrogens is 320 g/mol. The predicted molar refractivity (Wildman–Crippen MR) is 96.7 cm³/mol. The maximum Gasteiger partial charge on any atom is 0.157 e. The molecule has 3 aromatic rings. The Morgan fingerprint density at radius 1 is 1.17 bits per heavy atom. The van der Waals surface area contributed by atoms with Crippen LogP contribution < -0.4 is 10.1 Å². The molecule has 0 unspecified atom stereocenters. The molecule has 124 valence electrons. The van der Waals surface area contributed by atoms with Crippen molar-refractivity contribution in [1.29, 1.82) is 0 Å². The SMILES string of the molecule is COc1ccc(CNCc2cccnc2-n2cccn2)cc1SC. The van der Waals surface area contributed by atoms with E-state index in [1.165, 1.54) is 5.56 Å². The van der Waals surface area contributed by atoms with Gasteiger partial charge in [0.2, 0.25) is 0 Å². The van der Waals surface area contributed by atoms with Gasteiger partial charge in [0, 0.05) is 42.1 Å². The van der Waals surface area contributed by atoms with Crippen LogP contribution in [0.4, 0.5) is 0 Å². The van der Waals surface area contributed by atoms with Gasteiger partial charge in [0.05, 0.1) is 7.11 Å². The monoisotopic (exact) mass is 340 g/mol. The number of pyridine rings is 1. The summed E-state index contributed by atoms with van der Waals surface area (Å²) in [5, 5.41) is 7.74. The van der Waals surface area contributed by atoms with Gasteiger partial charge < -0.3 is 10.1 Å². The highest BCUT2D eigenvalue weighted by Gasteiger charge is 2.07. The first-order valence-corrected chi connectivity index (χ1v) is 8.90. The minimum Gasteiger partial charge on any atom is -0.496 e. The summed E-state index contributed by atoms with van der Waals surface area (Å²) in [6.07, 6.45) is 7.50. The maximum absolute atomic E-state index is 5.36. The summed E-state index contributed by atoms with van der Waals surface area (Å²) in [4.78, 5) is 5.59. The summed E-state index contributed by atoms with van der Waals surface area (Å²) in [6, 6.07) is 12.2. The number of nitrogens with zero attached hydrogens (tertiary/aromatic N) is 3. The molecule has 1 aromatic carbocycles. The molecule has 2 heterocycles. The van der Waals surface area contributed by atoms with E-state index < -0.39 is 0 Å². The van der Waals surface area contributed by atoms with Crippen molar-refractivity contribution >= 4 is 11.8 Å². The van der Waals surface area contributed by atoms with Crippen LogP contribution in [0.2, 0.25) is 0 Å². The summed E-state index contributed by atoms with van der Waals surface area (Å²) >= 11 is 1.69. The highest BCUT2D eigenvalue weighted by atomic mass is 32.2. The van der Waals surface area contributed by atoms with Crippen LogP contribution in [0, 0.1) is 0 Å². The van der Waals surface area contributed by atoms with Crippen LogP contribution >= 0.6 is 11.8 Å². The number of benzene rings is 1. The van der Waals surface area contributed by atoms with Crippen molar-refractivity contribution in [3.05, 3.63) is 66.1 Å². The van der Waals surface area contributed by atoms with E-state index in [9.17, 15) is 0 Å². The molecule has 0 fully saturated rings. The third-order valence-corrected chi connectivity index (χ3v) is 4.44. The number of aromatic nitrogens is 3. The van der Waals surface area contributed by atoms with Gasteiger partial charge >= 0.3 is 0 Å². The van der Waals surface area contributed by atoms with Crippen molar-refractivity contribution in [2.75, 3.05) is 13.4 Å². The van der Waals surface area contributed by atoms with E-state index in [0.29, 0.717) is 0 Å². The van der Waals surface area contributed by atoms with Crippen molar-refractivity contribution in [1.82, 2.24) is 20.1 Å². The molecule has 0 spiro atoms. The quantitative estimate of drug-likeness (QED) is 0.669. The fraction of sp³-hybridized carbons (Fsp3) is 0.222. The zero-order chi connectivity index (χ0) is 16.8. The molecule has 0 saturated carbocycles. The molecule has 0 bridgehead atoms. The maximum atomic E-state index is 5.36. The summed E-state index contributed by atoms with van der Waals surface area (Å²) in [6.45, 7) is 1.51. The molecule has 3 rings (SSSR count). The number of rotatable bonds is 7. The Morgan fingerprint density at radius 3 is 2.83 bits per heavy atom. The van der Waals surface area contributed by atoms with Gasteiger partial charge in [-0.2, -0.15) is 5.10 Å². The van der Waals surface area contributed by atoms with Crippen molar-refractivity contribution < 1.29 is 4.74 Å². The van der Waals surface area contributed by atoms with E-state index in [2.05, 4.69) is 39.9 Å². The van der Waals surface area contributed by atoms with Gasteiger partial charge in [0.1, 0.15) is 5.75 Å². The van der Waals surface area contributed by atoms with Crippen LogP contribution in [-0.4, -0.2) is 28.1 Å². The van der Waals surface area contributed by atoms with E-state index in [-0.39, 0.29) is 0 Å². The van der Waals surface area contributed by atoms with Crippen molar-refractivity contribution in [2.45, 2.75) is 18.0 Å². The summed E-state index contributed by atoms with van der Waals surface area (Å²) < 4.78 is 7.15. The van der Waals surface area contributed by atoms with Gasteiger partial charge in [-0.25, -0.2) is 9.67 Å². The van der Waals surface area contributed by atoms with E-state index >= 15 is 0 Å². The van der Waals surface area contributed by atoms with Crippen molar-refractivity contribution in [3.63, 3.8) is 0 Å². The topological polar surface area (TPSA) is 52.0 Å². The summed E-state index contributed by atoms with van der Waals surface area (Å²) in [5.41, 5.74) is 2.34. The van der Waals surface area contributed by atoms with Crippen LogP contribution in [0.15, 0.2) is 59.9 Å². The molecule has 0 amide bonds. The second-order valence-electron chi connectivity index (χ2n) is 5.23. The van der Waals surface area contributed by atoms with Gasteiger partial charge in [-0.3, -0.25) is 0 Å². The Labute approximate surface area is 146 Å². The lowest BCUT2D eigenvalue weighted by molar-refractivity contribution is 0.404. The highest BCUT2D eigenvalue weighted by molar-refractivity contribution is 7.98. The van der Waals surface area contributed by atoms with Gasteiger partial charge in [0.25, 0.3) is 0 Å². The second-order valence-corrected chi connectivity index (χ2v) is 6.08. The zero-order valence-corrected chi connectivity index (χ0v) is 14.6. The van der Waals surface area contributed by atoms with Crippen LogP contribution in [0.5, 0.6) is 5.75 Å². The molecule has 0 aliphatic rings. The van der Waals surface area contributed by atoms with Crippen molar-refractivity contribution in [2.24, 2.45) is 0 Å². The Morgan fingerprint density at radius 2 is 2.08 bits per heavy atom. The molecule has 6 heteroatoms. The summed E-state index contributed by atoms with van der Waals surface area (Å²) in [7, 11) is 1.70. The van der Waals surface area contributed by atoms with E-state index in [1.807, 2.05) is 24.4 Å². The number of nitrogens with one attached hydrogen (secondary N) is 1. The Hall–Kier alpha value is -2.31. The number of thioether (sulfide) groups is 1. The molecule has 0 aliphatic carbocycles. The molecule has 0 saturated heterocycles. The smallest absolute Gasteiger partial charge is 0.157 e. The summed E-state index contributed by atoms with van der Waals surface area (Å²) in [5.74, 6) is 1.77. The van der Waals surface area contributed by atoms with Gasteiger partial charge in [-0.05, 0) is 36.1 Å². The molecule has 0 atom stereocenters.